The number of phenolic OH excluding ortho intramolecular Hbond substituents is 1. The van der Waals surface area contributed by atoms with Gasteiger partial charge in [0.1, 0.15) is 22.5 Å². The van der Waals surface area contributed by atoms with Crippen LogP contribution in [0.5, 0.6) is 5.75 Å². The quantitative estimate of drug-likeness (QED) is 0.449. The van der Waals surface area contributed by atoms with E-state index in [1.165, 1.54) is 4.80 Å². The lowest BCUT2D eigenvalue weighted by atomic mass is 9.79. The van der Waals surface area contributed by atoms with Gasteiger partial charge in [0.25, 0.3) is 0 Å². The second-order valence-electron chi connectivity index (χ2n) is 12.4. The van der Waals surface area contributed by atoms with Crippen LogP contribution in [0, 0.1) is 0 Å². The molecule has 0 bridgehead atoms. The number of carboxylic acids is 1. The molecule has 0 spiro atoms. The largest absolute Gasteiger partial charge is 0.505 e. The predicted octanol–water partition coefficient (Wildman–Crippen LogP) is 5.07. The number of rotatable bonds is 4. The van der Waals surface area contributed by atoms with Gasteiger partial charge in [0.05, 0.1) is 6.10 Å². The average Bonchev–Trinajstić information content (AvgIpc) is 3.19. The lowest BCUT2D eigenvalue weighted by molar-refractivity contribution is -0.136. The van der Waals surface area contributed by atoms with Gasteiger partial charge in [-0.25, -0.2) is 0 Å². The maximum Gasteiger partial charge on any atom is 0.303 e. The van der Waals surface area contributed by atoms with Gasteiger partial charge < -0.3 is 15.3 Å². The maximum absolute atomic E-state index is 10.9. The summed E-state index contributed by atoms with van der Waals surface area (Å²) in [6.07, 6.45) is 2.04. The maximum atomic E-state index is 10.9. The van der Waals surface area contributed by atoms with Crippen molar-refractivity contribution in [3.63, 3.8) is 0 Å². The first-order valence-corrected chi connectivity index (χ1v) is 12.8. The Morgan fingerprint density at radius 2 is 1.54 bits per heavy atom. The van der Waals surface area contributed by atoms with Gasteiger partial charge in [-0.2, -0.15) is 0 Å². The van der Waals surface area contributed by atoms with E-state index in [4.69, 9.17) is 5.11 Å². The van der Waals surface area contributed by atoms with Gasteiger partial charge in [-0.1, -0.05) is 39.0 Å². The number of nitrogens with zero attached hydrogens (tertiary/aromatic N) is 4. The second-order valence-corrected chi connectivity index (χ2v) is 12.4. The van der Waals surface area contributed by atoms with Gasteiger partial charge >= 0.3 is 5.97 Å². The number of carbonyl (C=O) groups is 1. The Morgan fingerprint density at radius 3 is 2.00 bits per heavy atom. The number of likely N-dealkylation sites (tertiary alicyclic amines) is 1. The van der Waals surface area contributed by atoms with Crippen LogP contribution in [-0.4, -0.2) is 65.4 Å². The summed E-state index contributed by atoms with van der Waals surface area (Å²) in [7, 11) is 2.14. The zero-order valence-corrected chi connectivity index (χ0v) is 23.4. The van der Waals surface area contributed by atoms with Crippen LogP contribution in [-0.2, 0) is 16.6 Å². The highest BCUT2D eigenvalue weighted by atomic mass is 16.4. The summed E-state index contributed by atoms with van der Waals surface area (Å²) in [5.74, 6) is -0.734. The van der Waals surface area contributed by atoms with Crippen molar-refractivity contribution in [1.29, 1.82) is 0 Å². The van der Waals surface area contributed by atoms with Crippen LogP contribution >= 0.6 is 0 Å². The third-order valence-corrected chi connectivity index (χ3v) is 7.37. The zero-order valence-electron chi connectivity index (χ0n) is 23.4. The minimum absolute atomic E-state index is 0.0301. The monoisotopic (exact) mass is 510 g/mol. The van der Waals surface area contributed by atoms with Crippen molar-refractivity contribution < 1.29 is 20.1 Å². The van der Waals surface area contributed by atoms with E-state index in [1.807, 2.05) is 51.1 Å². The number of aliphatic carboxylic acids is 1. The molecule has 0 saturated carbocycles. The molecule has 0 aliphatic carbocycles. The first-order valence-electron chi connectivity index (χ1n) is 12.8. The molecular weight excluding hydrogens is 468 g/mol. The van der Waals surface area contributed by atoms with E-state index in [0.29, 0.717) is 12.1 Å². The predicted molar refractivity (Wildman–Crippen MR) is 146 cm³/mol. The van der Waals surface area contributed by atoms with E-state index in [0.717, 1.165) is 35.0 Å². The van der Waals surface area contributed by atoms with Gasteiger partial charge in [0.2, 0.25) is 0 Å². The Hall–Kier alpha value is -2.97. The number of phenols is 1. The molecule has 2 aromatic carbocycles. The fourth-order valence-corrected chi connectivity index (χ4v) is 5.08. The van der Waals surface area contributed by atoms with E-state index in [-0.39, 0.29) is 34.8 Å². The zero-order chi connectivity index (χ0) is 27.8. The minimum Gasteiger partial charge on any atom is -0.505 e. The molecule has 1 fully saturated rings. The van der Waals surface area contributed by atoms with Gasteiger partial charge in [-0.3, -0.25) is 9.69 Å². The second kappa shape index (κ2) is 10.4. The summed E-state index contributed by atoms with van der Waals surface area (Å²) in [5.41, 5.74) is 3.45. The average molecular weight is 511 g/mol. The molecule has 1 saturated heterocycles. The molecule has 1 aromatic heterocycles. The topological polar surface area (TPSA) is 112 Å². The normalized spacial score (nSPS) is 17.9. The van der Waals surface area contributed by atoms with Crippen molar-refractivity contribution in [2.45, 2.75) is 96.7 Å². The number of aryl methyl sites for hydroxylation is 1. The van der Waals surface area contributed by atoms with Crippen molar-refractivity contribution in [1.82, 2.24) is 19.9 Å². The molecule has 202 valence electrons. The van der Waals surface area contributed by atoms with Crippen molar-refractivity contribution >= 4 is 17.0 Å². The minimum atomic E-state index is -0.852. The number of aromatic nitrogens is 3. The fourth-order valence-electron chi connectivity index (χ4n) is 5.08. The molecule has 0 amide bonds. The molecular formula is C29H42N4O4. The van der Waals surface area contributed by atoms with E-state index in [2.05, 4.69) is 49.8 Å². The van der Waals surface area contributed by atoms with Crippen molar-refractivity contribution in [3.8, 4) is 11.4 Å². The number of carboxylic acid groups (broad SMARTS) is 1. The third kappa shape index (κ3) is 6.67. The first-order chi connectivity index (χ1) is 17.0. The molecule has 1 aliphatic rings. The molecule has 8 heteroatoms. The van der Waals surface area contributed by atoms with Crippen molar-refractivity contribution in [2.75, 3.05) is 7.05 Å². The highest BCUT2D eigenvalue weighted by Crippen LogP contribution is 2.37. The molecule has 1 aliphatic heterocycles. The van der Waals surface area contributed by atoms with Crippen molar-refractivity contribution in [2.24, 2.45) is 0 Å². The summed E-state index contributed by atoms with van der Waals surface area (Å²) in [6, 6.07) is 11.1. The Morgan fingerprint density at radius 1 is 1.03 bits per heavy atom. The van der Waals surface area contributed by atoms with Gasteiger partial charge in [0, 0.05) is 23.1 Å². The van der Waals surface area contributed by atoms with Crippen LogP contribution < -0.4 is 0 Å². The molecule has 3 N–H and O–H groups in total. The number of aliphatic hydroxyl groups excluding tert-OH is 1. The van der Waals surface area contributed by atoms with Crippen LogP contribution in [0.25, 0.3) is 16.7 Å². The summed E-state index contributed by atoms with van der Waals surface area (Å²) in [4.78, 5) is 14.7. The Balaban J connectivity index is 0.000000266. The van der Waals surface area contributed by atoms with Crippen LogP contribution in [0.15, 0.2) is 36.4 Å². The van der Waals surface area contributed by atoms with Crippen LogP contribution in [0.1, 0.15) is 78.9 Å². The number of benzene rings is 2. The number of aliphatic hydroxyl groups is 1. The lowest BCUT2D eigenvalue weighted by Gasteiger charge is -2.52. The smallest absolute Gasteiger partial charge is 0.303 e. The van der Waals surface area contributed by atoms with Crippen LogP contribution in [0.4, 0.5) is 0 Å². The van der Waals surface area contributed by atoms with E-state index >= 15 is 0 Å². The van der Waals surface area contributed by atoms with Crippen LogP contribution in [0.3, 0.4) is 0 Å². The lowest BCUT2D eigenvalue weighted by Crippen LogP contribution is -2.59. The standard InChI is InChI=1S/C19H21N3O3.C10H21NO/c1-19(2,3)13-10-12(8-9-17(23)24)11-16(18(13)25)22-20-14-6-4-5-7-15(14)21-22;1-9(2)6-8(12)7-10(3,4)11(9)5/h4-7,10-11,25H,8-9H2,1-3H3,(H,23,24);8,12H,6-7H2,1-5H3. The SMILES string of the molecule is CC(C)(C)c1cc(CCC(=O)O)cc(-n2nc3ccccc3n2)c1O.CN1C(C)(C)CC(O)CC1(C)C. The van der Waals surface area contributed by atoms with Gasteiger partial charge in [-0.05, 0) is 83.2 Å². The van der Waals surface area contributed by atoms with E-state index < -0.39 is 5.97 Å². The fraction of sp³-hybridized carbons (Fsp3) is 0.552. The molecule has 8 nitrogen and oxygen atoms in total. The molecule has 4 rings (SSSR count). The molecule has 3 aromatic rings. The molecule has 2 heterocycles. The molecule has 0 atom stereocenters. The Kier molecular flexibility index (Phi) is 8.05. The first kappa shape index (κ1) is 28.6. The van der Waals surface area contributed by atoms with Gasteiger partial charge in [0.15, 0.2) is 0 Å². The van der Waals surface area contributed by atoms with E-state index in [1.54, 1.807) is 6.07 Å². The van der Waals surface area contributed by atoms with E-state index in [9.17, 15) is 15.0 Å². The summed E-state index contributed by atoms with van der Waals surface area (Å²) in [5, 5.41) is 38.3. The number of fused-ring (bicyclic) bond motifs is 1. The molecule has 0 radical (unpaired) electrons. The van der Waals surface area contributed by atoms with Crippen molar-refractivity contribution in [3.05, 3.63) is 47.5 Å². The number of piperidine rings is 1. The third-order valence-electron chi connectivity index (χ3n) is 7.37. The molecule has 0 unspecified atom stereocenters. The summed E-state index contributed by atoms with van der Waals surface area (Å²) < 4.78 is 0. The summed E-state index contributed by atoms with van der Waals surface area (Å²) >= 11 is 0. The number of aromatic hydroxyl groups is 1. The Bertz CT molecular complexity index is 1210. The molecule has 37 heavy (non-hydrogen) atoms. The van der Waals surface area contributed by atoms with Gasteiger partial charge in [-0.15, -0.1) is 15.0 Å². The number of hydrogen-bond donors (Lipinski definition) is 3. The highest BCUT2D eigenvalue weighted by molar-refractivity contribution is 5.74. The Labute approximate surface area is 219 Å². The summed E-state index contributed by atoms with van der Waals surface area (Å²) in [6.45, 7) is 14.8. The van der Waals surface area contributed by atoms with Crippen LogP contribution in [0.2, 0.25) is 0 Å². The highest BCUT2D eigenvalue weighted by Gasteiger charge is 2.42. The number of hydrogen-bond acceptors (Lipinski definition) is 6.